The minimum atomic E-state index is -1.89. The summed E-state index contributed by atoms with van der Waals surface area (Å²) < 4.78 is 15.5. The van der Waals surface area contributed by atoms with Gasteiger partial charge in [0.25, 0.3) is 0 Å². The molecule has 0 aromatic carbocycles. The third-order valence-corrected chi connectivity index (χ3v) is 10.4. The van der Waals surface area contributed by atoms with E-state index in [9.17, 15) is 9.50 Å². The number of nitrogens with two attached hydrogens (primary N) is 1. The lowest BCUT2D eigenvalue weighted by atomic mass is 10.0. The van der Waals surface area contributed by atoms with E-state index in [1.54, 1.807) is 6.07 Å². The average Bonchev–Trinajstić information content (AvgIpc) is 2.44. The molecule has 6 heteroatoms. The first-order valence-corrected chi connectivity index (χ1v) is 10.5. The van der Waals surface area contributed by atoms with E-state index in [0.29, 0.717) is 4.60 Å². The van der Waals surface area contributed by atoms with Crippen LogP contribution in [0.2, 0.25) is 18.1 Å². The quantitative estimate of drug-likeness (QED) is 0.604. The zero-order valence-electron chi connectivity index (χ0n) is 12.6. The normalized spacial score (nSPS) is 15.2. The Labute approximate surface area is 129 Å². The van der Waals surface area contributed by atoms with Crippen molar-refractivity contribution < 1.29 is 9.50 Å². The molecule has 0 radical (unpaired) electrons. The lowest BCUT2D eigenvalue weighted by Gasteiger charge is -2.31. The van der Waals surface area contributed by atoms with Crippen molar-refractivity contribution in [1.82, 2.24) is 4.98 Å². The Kier molecular flexibility index (Phi) is 5.89. The topological polar surface area (TPSA) is 59.1 Å². The summed E-state index contributed by atoms with van der Waals surface area (Å²) >= 11 is 3.34. The van der Waals surface area contributed by atoms with Crippen LogP contribution in [-0.4, -0.2) is 24.7 Å². The van der Waals surface area contributed by atoms with E-state index in [1.165, 1.54) is 6.92 Å². The minimum absolute atomic E-state index is 0.0524. The highest BCUT2D eigenvalue weighted by Crippen LogP contribution is 2.27. The second-order valence-corrected chi connectivity index (χ2v) is 11.5. The van der Waals surface area contributed by atoms with Crippen LogP contribution in [0.4, 0.5) is 4.39 Å². The molecule has 0 unspecified atom stereocenters. The van der Waals surface area contributed by atoms with Crippen LogP contribution in [0.5, 0.6) is 0 Å². The Morgan fingerprint density at radius 3 is 2.25 bits per heavy atom. The van der Waals surface area contributed by atoms with Crippen molar-refractivity contribution in [1.29, 1.82) is 0 Å². The fraction of sp³-hybridized carbons (Fsp3) is 0.643. The van der Waals surface area contributed by atoms with Crippen LogP contribution in [0.25, 0.3) is 0 Å². The van der Waals surface area contributed by atoms with E-state index in [-0.39, 0.29) is 18.1 Å². The number of hydrogen-bond acceptors (Lipinski definition) is 3. The lowest BCUT2D eigenvalue weighted by Crippen LogP contribution is -2.49. The first-order valence-electron chi connectivity index (χ1n) is 7.07. The third-order valence-electron chi connectivity index (χ3n) is 4.44. The number of halogens is 2. The van der Waals surface area contributed by atoms with Crippen LogP contribution < -0.4 is 10.9 Å². The van der Waals surface area contributed by atoms with Gasteiger partial charge in [-0.25, -0.2) is 9.37 Å². The second kappa shape index (κ2) is 6.64. The highest BCUT2D eigenvalue weighted by Gasteiger charge is 2.37. The second-order valence-electron chi connectivity index (χ2n) is 5.47. The van der Waals surface area contributed by atoms with Gasteiger partial charge in [-0.05, 0) is 34.1 Å². The SMILES string of the molecule is CC[Si](CC)(CC)c1cc(Br)nc([C@](C)(O)CN)c1F. The van der Waals surface area contributed by atoms with Gasteiger partial charge in [-0.2, -0.15) is 0 Å². The monoisotopic (exact) mass is 362 g/mol. The van der Waals surface area contributed by atoms with Crippen molar-refractivity contribution in [3.63, 3.8) is 0 Å². The Morgan fingerprint density at radius 2 is 1.85 bits per heavy atom. The molecule has 0 bridgehead atoms. The van der Waals surface area contributed by atoms with E-state index in [4.69, 9.17) is 5.73 Å². The molecule has 1 atom stereocenters. The molecule has 1 aromatic heterocycles. The smallest absolute Gasteiger partial charge is 0.147 e. The largest absolute Gasteiger partial charge is 0.382 e. The van der Waals surface area contributed by atoms with Gasteiger partial charge < -0.3 is 10.8 Å². The molecule has 0 fully saturated rings. The molecule has 0 aliphatic carbocycles. The Bertz CT molecular complexity index is 470. The summed E-state index contributed by atoms with van der Waals surface area (Å²) in [6.45, 7) is 7.79. The Hall–Kier alpha value is -0.303. The lowest BCUT2D eigenvalue weighted by molar-refractivity contribution is 0.0580. The maximum absolute atomic E-state index is 14.9. The summed E-state index contributed by atoms with van der Waals surface area (Å²) in [4.78, 5) is 4.13. The van der Waals surface area contributed by atoms with Gasteiger partial charge in [-0.15, -0.1) is 0 Å². The molecule has 3 nitrogen and oxygen atoms in total. The number of aromatic nitrogens is 1. The predicted molar refractivity (Wildman–Crippen MR) is 87.4 cm³/mol. The van der Waals surface area contributed by atoms with Crippen LogP contribution in [0.1, 0.15) is 33.4 Å². The first-order chi connectivity index (χ1) is 9.27. The molecule has 0 saturated carbocycles. The molecule has 3 N–H and O–H groups in total. The molecule has 1 rings (SSSR count). The number of pyridine rings is 1. The summed E-state index contributed by atoms with van der Waals surface area (Å²) in [6, 6.07) is 4.70. The molecule has 1 aromatic rings. The van der Waals surface area contributed by atoms with E-state index >= 15 is 0 Å². The van der Waals surface area contributed by atoms with Crippen molar-refractivity contribution in [3.05, 3.63) is 22.2 Å². The molecular weight excluding hydrogens is 339 g/mol. The van der Waals surface area contributed by atoms with Crippen molar-refractivity contribution >= 4 is 29.2 Å². The van der Waals surface area contributed by atoms with Crippen LogP contribution >= 0.6 is 15.9 Å². The molecule has 0 amide bonds. The fourth-order valence-corrected chi connectivity index (χ4v) is 6.95. The van der Waals surface area contributed by atoms with E-state index in [0.717, 1.165) is 23.3 Å². The molecule has 20 heavy (non-hydrogen) atoms. The molecule has 1 heterocycles. The molecular formula is C14H24BrFN2OSi. The van der Waals surface area contributed by atoms with Crippen LogP contribution in [0, 0.1) is 5.82 Å². The van der Waals surface area contributed by atoms with Gasteiger partial charge in [0.05, 0.1) is 8.07 Å². The van der Waals surface area contributed by atoms with Gasteiger partial charge in [0.15, 0.2) is 0 Å². The minimum Gasteiger partial charge on any atom is -0.382 e. The van der Waals surface area contributed by atoms with Crippen molar-refractivity contribution in [2.45, 2.75) is 51.4 Å². The zero-order valence-corrected chi connectivity index (χ0v) is 15.2. The fourth-order valence-electron chi connectivity index (χ4n) is 2.66. The predicted octanol–water partition coefficient (Wildman–Crippen LogP) is 2.86. The maximum Gasteiger partial charge on any atom is 0.147 e. The van der Waals surface area contributed by atoms with Crippen molar-refractivity contribution in [2.75, 3.05) is 6.54 Å². The maximum atomic E-state index is 14.9. The number of hydrogen-bond donors (Lipinski definition) is 2. The summed E-state index contributed by atoms with van der Waals surface area (Å²) in [5.41, 5.74) is 4.16. The summed E-state index contributed by atoms with van der Waals surface area (Å²) in [5.74, 6) is -0.374. The average molecular weight is 363 g/mol. The first kappa shape index (κ1) is 17.7. The third kappa shape index (κ3) is 3.13. The molecule has 0 aliphatic rings. The van der Waals surface area contributed by atoms with Crippen LogP contribution in [-0.2, 0) is 5.60 Å². The standard InChI is InChI=1S/C14H24BrFN2OSi/c1-5-20(6-2,7-3)10-8-11(15)18-13(12(10)16)14(4,19)9-17/h8,19H,5-7,9,17H2,1-4H3/t14-/m1/s1. The van der Waals surface area contributed by atoms with Crippen LogP contribution in [0.3, 0.4) is 0 Å². The molecule has 0 aliphatic heterocycles. The number of nitrogens with zero attached hydrogens (tertiary/aromatic N) is 1. The molecule has 0 spiro atoms. The van der Waals surface area contributed by atoms with Gasteiger partial charge in [-0.1, -0.05) is 38.9 Å². The van der Waals surface area contributed by atoms with Gasteiger partial charge in [0.1, 0.15) is 21.7 Å². The van der Waals surface area contributed by atoms with Gasteiger partial charge in [-0.3, -0.25) is 0 Å². The van der Waals surface area contributed by atoms with E-state index in [2.05, 4.69) is 41.7 Å². The summed E-state index contributed by atoms with van der Waals surface area (Å²) in [6.07, 6.45) is 0. The summed E-state index contributed by atoms with van der Waals surface area (Å²) in [5, 5.41) is 11.0. The molecule has 0 saturated heterocycles. The number of rotatable bonds is 6. The highest BCUT2D eigenvalue weighted by atomic mass is 79.9. The van der Waals surface area contributed by atoms with Gasteiger partial charge >= 0.3 is 0 Å². The van der Waals surface area contributed by atoms with Gasteiger partial charge in [0, 0.05) is 6.54 Å². The Morgan fingerprint density at radius 1 is 1.35 bits per heavy atom. The van der Waals surface area contributed by atoms with Crippen molar-refractivity contribution in [2.24, 2.45) is 5.73 Å². The van der Waals surface area contributed by atoms with E-state index < -0.39 is 13.7 Å². The molecule has 114 valence electrons. The Balaban J connectivity index is 3.58. The van der Waals surface area contributed by atoms with E-state index in [1.807, 2.05) is 0 Å². The van der Waals surface area contributed by atoms with Gasteiger partial charge in [0.2, 0.25) is 0 Å². The van der Waals surface area contributed by atoms with Crippen molar-refractivity contribution in [3.8, 4) is 0 Å². The summed E-state index contributed by atoms with van der Waals surface area (Å²) in [7, 11) is -1.89. The van der Waals surface area contributed by atoms with Crippen LogP contribution in [0.15, 0.2) is 10.7 Å². The highest BCUT2D eigenvalue weighted by molar-refractivity contribution is 9.10. The number of aliphatic hydroxyl groups is 1. The zero-order chi connectivity index (χ0) is 15.6.